The third-order valence-electron chi connectivity index (χ3n) is 4.18. The van der Waals surface area contributed by atoms with Crippen LogP contribution in [0.4, 0.5) is 10.5 Å². The van der Waals surface area contributed by atoms with Crippen LogP contribution in [-0.4, -0.2) is 11.0 Å². The first kappa shape index (κ1) is 17.5. The molecule has 0 saturated carbocycles. The Bertz CT molecular complexity index is 1040. The molecule has 3 aromatic rings. The molecule has 26 heavy (non-hydrogen) atoms. The second kappa shape index (κ2) is 6.55. The van der Waals surface area contributed by atoms with Gasteiger partial charge in [0.15, 0.2) is 5.58 Å². The van der Waals surface area contributed by atoms with Gasteiger partial charge in [-0.25, -0.2) is 9.59 Å². The molecule has 6 nitrogen and oxygen atoms in total. The Morgan fingerprint density at radius 1 is 1.19 bits per heavy atom. The summed E-state index contributed by atoms with van der Waals surface area (Å²) >= 11 is 0. The molecule has 0 radical (unpaired) electrons. The topological polar surface area (TPSA) is 87.1 Å². The second-order valence-electron chi connectivity index (χ2n) is 6.79. The minimum absolute atomic E-state index is 0.354. The number of oxazole rings is 1. The fraction of sp³-hybridized carbons (Fsp3) is 0.200. The summed E-state index contributed by atoms with van der Waals surface area (Å²) in [6, 6.07) is 12.5. The largest absolute Gasteiger partial charge is 0.417 e. The van der Waals surface area contributed by atoms with Gasteiger partial charge in [-0.3, -0.25) is 4.98 Å². The van der Waals surface area contributed by atoms with Gasteiger partial charge in [-0.1, -0.05) is 30.4 Å². The van der Waals surface area contributed by atoms with Crippen LogP contribution in [0.5, 0.6) is 0 Å². The Labute approximate surface area is 150 Å². The molecule has 3 rings (SSSR count). The van der Waals surface area contributed by atoms with Crippen LogP contribution < -0.4 is 16.4 Å². The fourth-order valence-corrected chi connectivity index (χ4v) is 2.71. The molecule has 3 N–H and O–H groups in total. The van der Waals surface area contributed by atoms with Gasteiger partial charge in [0.25, 0.3) is 0 Å². The summed E-state index contributed by atoms with van der Waals surface area (Å²) in [7, 11) is 0. The highest BCUT2D eigenvalue weighted by Gasteiger charge is 2.23. The van der Waals surface area contributed by atoms with Gasteiger partial charge < -0.3 is 15.1 Å². The third-order valence-corrected chi connectivity index (χ3v) is 4.18. The maximum Gasteiger partial charge on any atom is 0.417 e. The summed E-state index contributed by atoms with van der Waals surface area (Å²) in [5.41, 5.74) is 3.89. The van der Waals surface area contributed by atoms with Crippen molar-refractivity contribution in [3.63, 3.8) is 0 Å². The van der Waals surface area contributed by atoms with Gasteiger partial charge in [-0.05, 0) is 50.1 Å². The van der Waals surface area contributed by atoms with E-state index in [0.29, 0.717) is 16.8 Å². The zero-order chi connectivity index (χ0) is 18.9. The van der Waals surface area contributed by atoms with E-state index in [1.165, 1.54) is 0 Å². The quantitative estimate of drug-likeness (QED) is 0.658. The Kier molecular flexibility index (Phi) is 4.42. The summed E-state index contributed by atoms with van der Waals surface area (Å²) in [5.74, 6) is -0.528. The van der Waals surface area contributed by atoms with Crippen molar-refractivity contribution in [1.82, 2.24) is 10.3 Å². The van der Waals surface area contributed by atoms with Crippen LogP contribution in [0.15, 0.2) is 58.3 Å². The lowest BCUT2D eigenvalue weighted by Crippen LogP contribution is -2.43. The second-order valence-corrected chi connectivity index (χ2v) is 6.79. The van der Waals surface area contributed by atoms with Crippen molar-refractivity contribution in [3.8, 4) is 0 Å². The number of benzene rings is 2. The van der Waals surface area contributed by atoms with Crippen molar-refractivity contribution in [3.05, 3.63) is 70.7 Å². The average Bonchev–Trinajstić information content (AvgIpc) is 2.93. The molecule has 0 spiro atoms. The first-order valence-electron chi connectivity index (χ1n) is 8.23. The molecule has 0 unspecified atom stereocenters. The molecule has 0 aliphatic heterocycles. The van der Waals surface area contributed by atoms with Gasteiger partial charge in [0.1, 0.15) is 0 Å². The molecule has 0 fully saturated rings. The van der Waals surface area contributed by atoms with Gasteiger partial charge in [0.2, 0.25) is 0 Å². The zero-order valence-electron chi connectivity index (χ0n) is 15.0. The Morgan fingerprint density at radius 3 is 2.69 bits per heavy atom. The molecule has 0 bridgehead atoms. The maximum atomic E-state index is 12.4. The van der Waals surface area contributed by atoms with Crippen molar-refractivity contribution in [1.29, 1.82) is 0 Å². The highest BCUT2D eigenvalue weighted by atomic mass is 16.4. The highest BCUT2D eigenvalue weighted by molar-refractivity contribution is 5.92. The number of allylic oxidation sites excluding steroid dienone is 1. The van der Waals surface area contributed by atoms with Gasteiger partial charge in [0, 0.05) is 11.8 Å². The molecule has 1 heterocycles. The van der Waals surface area contributed by atoms with Crippen LogP contribution in [0.3, 0.4) is 0 Å². The number of hydrogen-bond acceptors (Lipinski definition) is 3. The number of aromatic amines is 1. The number of anilines is 1. The normalized spacial score (nSPS) is 11.3. The Balaban J connectivity index is 1.76. The lowest BCUT2D eigenvalue weighted by atomic mass is 9.92. The fourth-order valence-electron chi connectivity index (χ4n) is 2.71. The molecule has 1 aromatic heterocycles. The summed E-state index contributed by atoms with van der Waals surface area (Å²) in [4.78, 5) is 26.2. The highest BCUT2D eigenvalue weighted by Crippen LogP contribution is 2.24. The summed E-state index contributed by atoms with van der Waals surface area (Å²) in [6.45, 7) is 9.76. The monoisotopic (exact) mass is 351 g/mol. The molecule has 6 heteroatoms. The number of hydrogen-bond donors (Lipinski definition) is 3. The van der Waals surface area contributed by atoms with Gasteiger partial charge >= 0.3 is 11.8 Å². The first-order chi connectivity index (χ1) is 12.2. The number of urea groups is 1. The summed E-state index contributed by atoms with van der Waals surface area (Å²) < 4.78 is 5.00. The molecule has 0 aliphatic rings. The lowest BCUT2D eigenvalue weighted by Gasteiger charge is -2.27. The van der Waals surface area contributed by atoms with E-state index < -0.39 is 11.3 Å². The molecule has 2 aromatic carbocycles. The van der Waals surface area contributed by atoms with E-state index in [1.54, 1.807) is 18.2 Å². The van der Waals surface area contributed by atoms with Crippen LogP contribution in [0.25, 0.3) is 16.7 Å². The van der Waals surface area contributed by atoms with Crippen molar-refractivity contribution in [2.24, 2.45) is 0 Å². The molecule has 0 atom stereocenters. The number of carbonyl (C=O) groups is 1. The summed E-state index contributed by atoms with van der Waals surface area (Å²) in [5, 5.41) is 5.72. The van der Waals surface area contributed by atoms with E-state index in [9.17, 15) is 9.59 Å². The van der Waals surface area contributed by atoms with Crippen LogP contribution >= 0.6 is 0 Å². The Morgan fingerprint density at radius 2 is 1.96 bits per heavy atom. The third kappa shape index (κ3) is 3.69. The van der Waals surface area contributed by atoms with Gasteiger partial charge in [-0.15, -0.1) is 0 Å². The molecule has 134 valence electrons. The van der Waals surface area contributed by atoms with E-state index >= 15 is 0 Å². The minimum atomic E-state index is -0.583. The minimum Gasteiger partial charge on any atom is -0.408 e. The van der Waals surface area contributed by atoms with Crippen molar-refractivity contribution in [2.75, 3.05) is 5.32 Å². The van der Waals surface area contributed by atoms with Crippen LogP contribution in [-0.2, 0) is 5.54 Å². The number of nitrogens with one attached hydrogen (secondary N) is 3. The molecular formula is C20H21N3O3. The lowest BCUT2D eigenvalue weighted by molar-refractivity contribution is 0.242. The maximum absolute atomic E-state index is 12.4. The van der Waals surface area contributed by atoms with Crippen LogP contribution in [0.2, 0.25) is 0 Å². The molecule has 0 aliphatic carbocycles. The van der Waals surface area contributed by atoms with E-state index in [1.807, 2.05) is 45.0 Å². The standard InChI is InChI=1S/C20H21N3O3/c1-12(2)13-6-5-7-14(10-13)20(3,4)23-18(24)21-15-8-9-16-17(11-15)26-19(25)22-16/h5-11H,1H2,2-4H3,(H,22,25)(H2,21,23,24). The zero-order valence-corrected chi connectivity index (χ0v) is 15.0. The number of fused-ring (bicyclic) bond motifs is 1. The van der Waals surface area contributed by atoms with E-state index in [0.717, 1.165) is 16.7 Å². The van der Waals surface area contributed by atoms with Crippen LogP contribution in [0, 0.1) is 0 Å². The molecular weight excluding hydrogens is 330 g/mol. The van der Waals surface area contributed by atoms with Gasteiger partial charge in [0.05, 0.1) is 11.1 Å². The Hall–Kier alpha value is -3.28. The number of carbonyl (C=O) groups excluding carboxylic acids is 1. The van der Waals surface area contributed by atoms with Crippen LogP contribution in [0.1, 0.15) is 31.9 Å². The van der Waals surface area contributed by atoms with Crippen molar-refractivity contribution >= 4 is 28.4 Å². The van der Waals surface area contributed by atoms with E-state index in [2.05, 4.69) is 22.2 Å². The number of rotatable bonds is 4. The number of aromatic nitrogens is 1. The number of amides is 2. The molecule has 0 saturated heterocycles. The van der Waals surface area contributed by atoms with Crippen molar-refractivity contribution < 1.29 is 9.21 Å². The average molecular weight is 351 g/mol. The predicted octanol–water partition coefficient (Wildman–Crippen LogP) is 4.21. The number of H-pyrrole nitrogens is 1. The van der Waals surface area contributed by atoms with E-state index in [-0.39, 0.29) is 6.03 Å². The first-order valence-corrected chi connectivity index (χ1v) is 8.23. The van der Waals surface area contributed by atoms with Crippen molar-refractivity contribution in [2.45, 2.75) is 26.3 Å². The SMILES string of the molecule is C=C(C)c1cccc(C(C)(C)NC(=O)Nc2ccc3[nH]c(=O)oc3c2)c1. The smallest absolute Gasteiger partial charge is 0.408 e. The molecule has 2 amide bonds. The predicted molar refractivity (Wildman–Crippen MR) is 103 cm³/mol. The van der Waals surface area contributed by atoms with Gasteiger partial charge in [-0.2, -0.15) is 0 Å². The summed E-state index contributed by atoms with van der Waals surface area (Å²) in [6.07, 6.45) is 0. The van der Waals surface area contributed by atoms with E-state index in [4.69, 9.17) is 4.42 Å².